The molecule has 5 nitrogen and oxygen atoms in total. The van der Waals surface area contributed by atoms with Gasteiger partial charge in [-0.1, -0.05) is 13.8 Å². The molecule has 2 rings (SSSR count). The number of nitrogens with zero attached hydrogens (tertiary/aromatic N) is 1. The number of carbonyl (C=O) groups excluding carboxylic acids is 1. The van der Waals surface area contributed by atoms with Gasteiger partial charge in [0.25, 0.3) is 0 Å². The zero-order valence-corrected chi connectivity index (χ0v) is 14.2. The van der Waals surface area contributed by atoms with Crippen molar-refractivity contribution < 1.29 is 13.2 Å². The number of ketones is 1. The summed E-state index contributed by atoms with van der Waals surface area (Å²) in [6, 6.07) is 1.85. The van der Waals surface area contributed by atoms with E-state index in [1.807, 2.05) is 30.7 Å². The van der Waals surface area contributed by atoms with Crippen molar-refractivity contribution in [1.82, 2.24) is 9.29 Å². The van der Waals surface area contributed by atoms with Gasteiger partial charge in [0.15, 0.2) is 5.78 Å². The van der Waals surface area contributed by atoms with E-state index in [1.54, 1.807) is 0 Å². The summed E-state index contributed by atoms with van der Waals surface area (Å²) in [5.74, 6) is 0.175. The van der Waals surface area contributed by atoms with Crippen molar-refractivity contribution in [3.63, 3.8) is 0 Å². The van der Waals surface area contributed by atoms with Crippen LogP contribution in [-0.4, -0.2) is 30.6 Å². The normalized spacial score (nSPS) is 18.6. The lowest BCUT2D eigenvalue weighted by molar-refractivity contribution is 0.0909. The molecule has 0 amide bonds. The van der Waals surface area contributed by atoms with Crippen molar-refractivity contribution in [2.45, 2.75) is 52.6 Å². The standard InChI is InChI=1S/C15H24N2O3S/c1-14(2)8-12-11(13(18)9-14)6-7-17(12)10-15(3,4)16-21(5,19)20/h6-7,16H,8-10H2,1-5H3. The zero-order chi connectivity index (χ0) is 16.1. The van der Waals surface area contributed by atoms with Crippen LogP contribution in [0.1, 0.15) is 50.2 Å². The topological polar surface area (TPSA) is 68.2 Å². The number of aromatic nitrogens is 1. The molecule has 0 saturated carbocycles. The minimum absolute atomic E-state index is 0.0470. The lowest BCUT2D eigenvalue weighted by Crippen LogP contribution is -2.46. The molecular weight excluding hydrogens is 288 g/mol. The Morgan fingerprint density at radius 2 is 1.95 bits per heavy atom. The molecule has 0 unspecified atom stereocenters. The average Bonchev–Trinajstić information content (AvgIpc) is 2.55. The molecular formula is C15H24N2O3S. The summed E-state index contributed by atoms with van der Waals surface area (Å²) in [4.78, 5) is 12.2. The highest BCUT2D eigenvalue weighted by atomic mass is 32.2. The highest BCUT2D eigenvalue weighted by Gasteiger charge is 2.34. The molecule has 118 valence electrons. The molecule has 0 radical (unpaired) electrons. The zero-order valence-electron chi connectivity index (χ0n) is 13.4. The Hall–Kier alpha value is -1.14. The predicted octanol–water partition coefficient (Wildman–Crippen LogP) is 1.97. The summed E-state index contributed by atoms with van der Waals surface area (Å²) < 4.78 is 27.5. The van der Waals surface area contributed by atoms with Crippen LogP contribution in [0.3, 0.4) is 0 Å². The summed E-state index contributed by atoms with van der Waals surface area (Å²) in [5.41, 5.74) is 1.14. The van der Waals surface area contributed by atoms with Crippen LogP contribution in [0.5, 0.6) is 0 Å². The predicted molar refractivity (Wildman–Crippen MR) is 82.9 cm³/mol. The lowest BCUT2D eigenvalue weighted by Gasteiger charge is -2.32. The first-order valence-electron chi connectivity index (χ1n) is 7.09. The molecule has 0 spiro atoms. The first-order chi connectivity index (χ1) is 9.39. The van der Waals surface area contributed by atoms with E-state index in [4.69, 9.17) is 0 Å². The Labute approximate surface area is 126 Å². The van der Waals surface area contributed by atoms with Gasteiger partial charge in [0.2, 0.25) is 10.0 Å². The van der Waals surface area contributed by atoms with Gasteiger partial charge in [0.05, 0.1) is 6.26 Å². The molecule has 1 aromatic rings. The fraction of sp³-hybridized carbons (Fsp3) is 0.667. The van der Waals surface area contributed by atoms with E-state index in [2.05, 4.69) is 18.6 Å². The van der Waals surface area contributed by atoms with Crippen LogP contribution < -0.4 is 4.72 Å². The smallest absolute Gasteiger partial charge is 0.209 e. The van der Waals surface area contributed by atoms with Gasteiger partial charge in [-0.2, -0.15) is 0 Å². The van der Waals surface area contributed by atoms with E-state index in [9.17, 15) is 13.2 Å². The van der Waals surface area contributed by atoms with Gasteiger partial charge >= 0.3 is 0 Å². The van der Waals surface area contributed by atoms with Crippen LogP contribution >= 0.6 is 0 Å². The van der Waals surface area contributed by atoms with E-state index in [0.29, 0.717) is 13.0 Å². The first kappa shape index (κ1) is 16.2. The largest absolute Gasteiger partial charge is 0.349 e. The van der Waals surface area contributed by atoms with Crippen molar-refractivity contribution in [1.29, 1.82) is 0 Å². The maximum absolute atomic E-state index is 12.2. The van der Waals surface area contributed by atoms with Crippen molar-refractivity contribution >= 4 is 15.8 Å². The number of carbonyl (C=O) groups is 1. The van der Waals surface area contributed by atoms with Crippen molar-refractivity contribution in [2.24, 2.45) is 5.41 Å². The van der Waals surface area contributed by atoms with Crippen molar-refractivity contribution in [3.05, 3.63) is 23.5 Å². The molecule has 1 N–H and O–H groups in total. The highest BCUT2D eigenvalue weighted by molar-refractivity contribution is 7.88. The van der Waals surface area contributed by atoms with Gasteiger partial charge in [0.1, 0.15) is 0 Å². The molecule has 1 heterocycles. The third-order valence-electron chi connectivity index (χ3n) is 3.69. The molecule has 21 heavy (non-hydrogen) atoms. The van der Waals surface area contributed by atoms with Gasteiger partial charge < -0.3 is 4.57 Å². The molecule has 1 aromatic heterocycles. The molecule has 0 aromatic carbocycles. The quantitative estimate of drug-likeness (QED) is 0.924. The minimum Gasteiger partial charge on any atom is -0.349 e. The van der Waals surface area contributed by atoms with Gasteiger partial charge in [-0.15, -0.1) is 0 Å². The second kappa shape index (κ2) is 4.95. The maximum atomic E-state index is 12.2. The number of nitrogens with one attached hydrogen (secondary N) is 1. The van der Waals surface area contributed by atoms with Crippen LogP contribution in [0.25, 0.3) is 0 Å². The van der Waals surface area contributed by atoms with E-state index in [0.717, 1.165) is 23.9 Å². The molecule has 1 aliphatic carbocycles. The van der Waals surface area contributed by atoms with Crippen molar-refractivity contribution in [2.75, 3.05) is 6.26 Å². The first-order valence-corrected chi connectivity index (χ1v) is 8.98. The van der Waals surface area contributed by atoms with E-state index in [1.165, 1.54) is 0 Å². The number of fused-ring (bicyclic) bond motifs is 1. The molecule has 0 fully saturated rings. The molecule has 6 heteroatoms. The molecule has 0 bridgehead atoms. The second-order valence-corrected chi connectivity index (χ2v) is 9.25. The Bertz CT molecular complexity index is 669. The van der Waals surface area contributed by atoms with E-state index in [-0.39, 0.29) is 11.2 Å². The Balaban J connectivity index is 2.30. The van der Waals surface area contributed by atoms with Gasteiger partial charge in [0, 0.05) is 36.0 Å². The Morgan fingerprint density at radius 1 is 1.33 bits per heavy atom. The number of hydrogen-bond acceptors (Lipinski definition) is 3. The van der Waals surface area contributed by atoms with Crippen LogP contribution in [0.15, 0.2) is 12.3 Å². The van der Waals surface area contributed by atoms with Crippen LogP contribution in [-0.2, 0) is 23.0 Å². The Morgan fingerprint density at radius 3 is 2.52 bits per heavy atom. The average molecular weight is 312 g/mol. The number of rotatable bonds is 4. The summed E-state index contributed by atoms with van der Waals surface area (Å²) in [7, 11) is -3.27. The molecule has 0 atom stereocenters. The minimum atomic E-state index is -3.27. The summed E-state index contributed by atoms with van der Waals surface area (Å²) in [6.07, 6.45) is 4.44. The monoisotopic (exact) mass is 312 g/mol. The summed E-state index contributed by atoms with van der Waals surface area (Å²) in [5, 5.41) is 0. The van der Waals surface area contributed by atoms with Gasteiger partial charge in [-0.25, -0.2) is 13.1 Å². The Kier molecular flexibility index (Phi) is 3.83. The third-order valence-corrected chi connectivity index (χ3v) is 4.61. The summed E-state index contributed by atoms with van der Waals surface area (Å²) >= 11 is 0. The van der Waals surface area contributed by atoms with E-state index >= 15 is 0 Å². The number of Topliss-reactive ketones (excluding diaryl/α,β-unsaturated/α-hetero) is 1. The van der Waals surface area contributed by atoms with Crippen LogP contribution in [0.2, 0.25) is 0 Å². The number of sulfonamides is 1. The molecule has 0 aliphatic heterocycles. The summed E-state index contributed by atoms with van der Waals surface area (Å²) in [6.45, 7) is 8.36. The van der Waals surface area contributed by atoms with Crippen LogP contribution in [0, 0.1) is 5.41 Å². The fourth-order valence-corrected chi connectivity index (χ4v) is 4.18. The third kappa shape index (κ3) is 3.95. The van der Waals surface area contributed by atoms with Gasteiger partial charge in [-0.3, -0.25) is 4.79 Å². The second-order valence-electron chi connectivity index (χ2n) is 7.50. The maximum Gasteiger partial charge on any atom is 0.209 e. The van der Waals surface area contributed by atoms with Crippen molar-refractivity contribution in [3.8, 4) is 0 Å². The molecule has 1 aliphatic rings. The SMILES string of the molecule is CC1(C)CC(=O)c2ccn(CC(C)(C)NS(C)(=O)=O)c2C1. The lowest BCUT2D eigenvalue weighted by atomic mass is 9.76. The molecule has 0 saturated heterocycles. The van der Waals surface area contributed by atoms with E-state index < -0.39 is 15.6 Å². The van der Waals surface area contributed by atoms with Crippen LogP contribution in [0.4, 0.5) is 0 Å². The fourth-order valence-electron chi connectivity index (χ4n) is 3.11. The highest BCUT2D eigenvalue weighted by Crippen LogP contribution is 2.35. The number of hydrogen-bond donors (Lipinski definition) is 1. The van der Waals surface area contributed by atoms with Gasteiger partial charge in [-0.05, 0) is 31.7 Å².